The Balaban J connectivity index is 1.44. The number of carbonyl (C=O) groups excluding carboxylic acids is 1. The summed E-state index contributed by atoms with van der Waals surface area (Å²) in [6.45, 7) is 0.509. The molecule has 0 spiro atoms. The monoisotopic (exact) mass is 412 g/mol. The van der Waals surface area contributed by atoms with E-state index in [-0.39, 0.29) is 35.5 Å². The first-order chi connectivity index (χ1) is 13.9. The van der Waals surface area contributed by atoms with Crippen molar-refractivity contribution in [3.63, 3.8) is 0 Å². The summed E-state index contributed by atoms with van der Waals surface area (Å²) in [6.07, 6.45) is 0.792. The van der Waals surface area contributed by atoms with Crippen molar-refractivity contribution in [2.45, 2.75) is 17.7 Å². The summed E-state index contributed by atoms with van der Waals surface area (Å²) >= 11 is 0. The van der Waals surface area contributed by atoms with Crippen molar-refractivity contribution in [2.24, 2.45) is 5.92 Å². The first kappa shape index (κ1) is 19.5. The Morgan fingerprint density at radius 2 is 1.59 bits per heavy atom. The lowest BCUT2D eigenvalue weighted by molar-refractivity contribution is -0.120. The van der Waals surface area contributed by atoms with E-state index in [2.05, 4.69) is 5.32 Å². The van der Waals surface area contributed by atoms with Gasteiger partial charge in [0.2, 0.25) is 15.9 Å². The summed E-state index contributed by atoms with van der Waals surface area (Å²) in [7, 11) is -3.63. The van der Waals surface area contributed by atoms with Gasteiger partial charge in [-0.15, -0.1) is 0 Å². The number of carbonyl (C=O) groups is 1. The third kappa shape index (κ3) is 4.02. The zero-order valence-corrected chi connectivity index (χ0v) is 16.5. The highest BCUT2D eigenvalue weighted by molar-refractivity contribution is 7.89. The molecule has 1 aliphatic heterocycles. The Morgan fingerprint density at radius 3 is 2.31 bits per heavy atom. The lowest BCUT2D eigenvalue weighted by Crippen LogP contribution is -2.41. The van der Waals surface area contributed by atoms with E-state index in [1.54, 1.807) is 30.3 Å². The van der Waals surface area contributed by atoms with Gasteiger partial charge in [-0.2, -0.15) is 4.31 Å². The maximum atomic E-state index is 13.7. The maximum absolute atomic E-state index is 13.7. The van der Waals surface area contributed by atoms with E-state index >= 15 is 0 Å². The van der Waals surface area contributed by atoms with Crippen LogP contribution in [0.3, 0.4) is 0 Å². The number of fused-ring (bicyclic) bond motifs is 1. The molecule has 5 nitrogen and oxygen atoms in total. The smallest absolute Gasteiger partial charge is 0.243 e. The van der Waals surface area contributed by atoms with E-state index in [0.29, 0.717) is 12.8 Å². The number of para-hydroxylation sites is 1. The molecule has 7 heteroatoms. The Bertz CT molecular complexity index is 1160. The summed E-state index contributed by atoms with van der Waals surface area (Å²) in [5.41, 5.74) is 0.142. The van der Waals surface area contributed by atoms with Gasteiger partial charge in [-0.05, 0) is 47.9 Å². The summed E-state index contributed by atoms with van der Waals surface area (Å²) in [5, 5.41) is 4.45. The van der Waals surface area contributed by atoms with Crippen molar-refractivity contribution >= 4 is 32.4 Å². The van der Waals surface area contributed by atoms with Crippen molar-refractivity contribution < 1.29 is 17.6 Å². The molecule has 4 rings (SSSR count). The summed E-state index contributed by atoms with van der Waals surface area (Å²) < 4.78 is 41.2. The quantitative estimate of drug-likeness (QED) is 0.704. The molecular weight excluding hydrogens is 391 g/mol. The minimum Gasteiger partial charge on any atom is -0.323 e. The lowest BCUT2D eigenvalue weighted by atomic mass is 9.97. The number of hydrogen-bond donors (Lipinski definition) is 1. The standard InChI is InChI=1S/C22H21FN2O3S/c23-20-7-3-4-8-21(20)24-22(26)17-11-13-25(14-12-17)29(27,28)19-10-9-16-5-1-2-6-18(16)15-19/h1-10,15,17H,11-14H2,(H,24,26). The van der Waals surface area contributed by atoms with Gasteiger partial charge in [0.15, 0.2) is 0 Å². The Morgan fingerprint density at radius 1 is 0.931 bits per heavy atom. The number of halogens is 1. The number of anilines is 1. The van der Waals surface area contributed by atoms with Gasteiger partial charge in [-0.1, -0.05) is 42.5 Å². The average Bonchev–Trinajstić information content (AvgIpc) is 2.75. The van der Waals surface area contributed by atoms with Gasteiger partial charge >= 0.3 is 0 Å². The number of hydrogen-bond acceptors (Lipinski definition) is 3. The second kappa shape index (κ2) is 7.93. The molecule has 29 heavy (non-hydrogen) atoms. The molecule has 0 aliphatic carbocycles. The molecule has 3 aromatic rings. The number of sulfonamides is 1. The molecule has 1 heterocycles. The summed E-state index contributed by atoms with van der Waals surface area (Å²) in [5.74, 6) is -1.12. The van der Waals surface area contributed by atoms with E-state index in [0.717, 1.165) is 10.8 Å². The number of amides is 1. The van der Waals surface area contributed by atoms with Crippen LogP contribution in [0.2, 0.25) is 0 Å². The van der Waals surface area contributed by atoms with Gasteiger partial charge < -0.3 is 5.32 Å². The summed E-state index contributed by atoms with van der Waals surface area (Å²) in [4.78, 5) is 12.7. The molecule has 1 aliphatic rings. The minimum absolute atomic E-state index is 0.142. The molecule has 0 bridgehead atoms. The molecular formula is C22H21FN2O3S. The van der Waals surface area contributed by atoms with E-state index in [4.69, 9.17) is 0 Å². The molecule has 0 atom stereocenters. The van der Waals surface area contributed by atoms with E-state index in [1.165, 1.54) is 16.4 Å². The Kier molecular flexibility index (Phi) is 5.34. The number of piperidine rings is 1. The highest BCUT2D eigenvalue weighted by Crippen LogP contribution is 2.27. The fourth-order valence-corrected chi connectivity index (χ4v) is 5.14. The number of rotatable bonds is 4. The highest BCUT2D eigenvalue weighted by Gasteiger charge is 2.32. The fraction of sp³-hybridized carbons (Fsp3) is 0.227. The van der Waals surface area contributed by atoms with Crippen molar-refractivity contribution in [3.05, 3.63) is 72.5 Å². The van der Waals surface area contributed by atoms with E-state index in [1.807, 2.05) is 24.3 Å². The molecule has 0 radical (unpaired) electrons. The van der Waals surface area contributed by atoms with Crippen LogP contribution in [-0.4, -0.2) is 31.7 Å². The SMILES string of the molecule is O=C(Nc1ccccc1F)C1CCN(S(=O)(=O)c2ccc3ccccc3c2)CC1. The van der Waals surface area contributed by atoms with Crippen LogP contribution in [0.1, 0.15) is 12.8 Å². The third-order valence-corrected chi connectivity index (χ3v) is 7.21. The molecule has 1 N–H and O–H groups in total. The predicted molar refractivity (Wildman–Crippen MR) is 110 cm³/mol. The van der Waals surface area contributed by atoms with Crippen molar-refractivity contribution in [3.8, 4) is 0 Å². The van der Waals surface area contributed by atoms with Gasteiger partial charge in [0.05, 0.1) is 10.6 Å². The molecule has 0 saturated carbocycles. The first-order valence-corrected chi connectivity index (χ1v) is 10.9. The largest absolute Gasteiger partial charge is 0.323 e. The van der Waals surface area contributed by atoms with Crippen LogP contribution >= 0.6 is 0 Å². The lowest BCUT2D eigenvalue weighted by Gasteiger charge is -2.30. The average molecular weight is 412 g/mol. The van der Waals surface area contributed by atoms with Gasteiger partial charge in [-0.3, -0.25) is 4.79 Å². The predicted octanol–water partition coefficient (Wildman–Crippen LogP) is 4.02. The zero-order chi connectivity index (χ0) is 20.4. The molecule has 0 aromatic heterocycles. The molecule has 1 saturated heterocycles. The van der Waals surface area contributed by atoms with Crippen molar-refractivity contribution in [1.29, 1.82) is 0 Å². The molecule has 1 amide bonds. The van der Waals surface area contributed by atoms with Crippen LogP contribution in [0.15, 0.2) is 71.6 Å². The number of benzene rings is 3. The molecule has 0 unspecified atom stereocenters. The van der Waals surface area contributed by atoms with Crippen LogP contribution in [0.25, 0.3) is 10.8 Å². The van der Waals surface area contributed by atoms with Crippen molar-refractivity contribution in [2.75, 3.05) is 18.4 Å². The zero-order valence-electron chi connectivity index (χ0n) is 15.7. The maximum Gasteiger partial charge on any atom is 0.243 e. The first-order valence-electron chi connectivity index (χ1n) is 9.49. The Hall–Kier alpha value is -2.77. The second-order valence-electron chi connectivity index (χ2n) is 7.16. The normalized spacial score (nSPS) is 16.0. The van der Waals surface area contributed by atoms with Gasteiger partial charge in [0.1, 0.15) is 5.82 Å². The highest BCUT2D eigenvalue weighted by atomic mass is 32.2. The van der Waals surface area contributed by atoms with Crippen molar-refractivity contribution in [1.82, 2.24) is 4.31 Å². The topological polar surface area (TPSA) is 66.5 Å². The second-order valence-corrected chi connectivity index (χ2v) is 9.09. The molecule has 3 aromatic carbocycles. The van der Waals surface area contributed by atoms with Crippen LogP contribution in [-0.2, 0) is 14.8 Å². The minimum atomic E-state index is -3.63. The Labute approximate surface area is 169 Å². The van der Waals surface area contributed by atoms with E-state index in [9.17, 15) is 17.6 Å². The van der Waals surface area contributed by atoms with Crippen LogP contribution in [0, 0.1) is 11.7 Å². The van der Waals surface area contributed by atoms with Gasteiger partial charge in [0.25, 0.3) is 0 Å². The van der Waals surface area contributed by atoms with Gasteiger partial charge in [0, 0.05) is 19.0 Å². The third-order valence-electron chi connectivity index (χ3n) is 5.32. The van der Waals surface area contributed by atoms with E-state index < -0.39 is 15.8 Å². The number of nitrogens with one attached hydrogen (secondary N) is 1. The van der Waals surface area contributed by atoms with Crippen LogP contribution in [0.4, 0.5) is 10.1 Å². The van der Waals surface area contributed by atoms with Crippen LogP contribution < -0.4 is 5.32 Å². The molecule has 150 valence electrons. The molecule has 1 fully saturated rings. The van der Waals surface area contributed by atoms with Gasteiger partial charge in [-0.25, -0.2) is 12.8 Å². The fourth-order valence-electron chi connectivity index (χ4n) is 3.63. The number of nitrogens with zero attached hydrogens (tertiary/aromatic N) is 1. The van der Waals surface area contributed by atoms with Crippen LogP contribution in [0.5, 0.6) is 0 Å². The summed E-state index contributed by atoms with van der Waals surface area (Å²) in [6, 6.07) is 18.7.